The number of hydrogen-bond acceptors (Lipinski definition) is 1. The summed E-state index contributed by atoms with van der Waals surface area (Å²) in [5.41, 5.74) is 8.98. The fraction of sp³-hybridized carbons (Fsp3) is 0.103. The van der Waals surface area contributed by atoms with Gasteiger partial charge in [-0.3, -0.25) is 0 Å². The third-order valence-corrected chi connectivity index (χ3v) is 6.50. The highest BCUT2D eigenvalue weighted by Gasteiger charge is 2.10. The van der Waals surface area contributed by atoms with Crippen LogP contribution in [0, 0.1) is 23.7 Å². The molecule has 2 N–H and O–H groups in total. The van der Waals surface area contributed by atoms with Gasteiger partial charge in [0.1, 0.15) is 0 Å². The maximum atomic E-state index is 6.08. The molecule has 0 aliphatic heterocycles. The summed E-state index contributed by atoms with van der Waals surface area (Å²) in [4.78, 5) is 3.48. The number of benzene rings is 4. The van der Waals surface area contributed by atoms with Crippen molar-refractivity contribution < 1.29 is 0 Å². The van der Waals surface area contributed by atoms with Crippen LogP contribution in [0.1, 0.15) is 31.9 Å². The summed E-state index contributed by atoms with van der Waals surface area (Å²) < 4.78 is 0. The summed E-state index contributed by atoms with van der Waals surface area (Å²) in [5, 5.41) is 8.56. The number of terminal acetylenes is 1. The molecule has 1 aromatic heterocycles. The molecule has 0 saturated heterocycles. The van der Waals surface area contributed by atoms with Crippen molar-refractivity contribution in [2.24, 2.45) is 5.92 Å². The van der Waals surface area contributed by atoms with E-state index in [0.717, 1.165) is 33.3 Å². The van der Waals surface area contributed by atoms with Crippen molar-refractivity contribution in [3.8, 4) is 23.5 Å². The lowest BCUT2D eigenvalue weighted by Crippen LogP contribution is -1.96. The van der Waals surface area contributed by atoms with E-state index in [2.05, 4.69) is 103 Å². The second kappa shape index (κ2) is 15.5. The fourth-order valence-electron chi connectivity index (χ4n) is 4.39. The number of aromatic nitrogens is 1. The first-order valence-corrected chi connectivity index (χ1v) is 13.6. The van der Waals surface area contributed by atoms with Gasteiger partial charge in [0.05, 0.1) is 5.92 Å². The summed E-state index contributed by atoms with van der Waals surface area (Å²) in [5.74, 6) is 2.71. The number of H-pyrrole nitrogens is 1. The molecule has 0 amide bonds. The van der Waals surface area contributed by atoms with Crippen molar-refractivity contribution in [1.82, 2.24) is 4.98 Å². The largest absolute Gasteiger partial charge is 0.355 e. The van der Waals surface area contributed by atoms with Crippen LogP contribution in [0.2, 0.25) is 0 Å². The maximum Gasteiger partial charge on any atom is 0.0633 e. The molecule has 5 aromatic rings. The average molecular weight is 535 g/mol. The van der Waals surface area contributed by atoms with E-state index in [9.17, 15) is 0 Å². The van der Waals surface area contributed by atoms with E-state index in [1.54, 1.807) is 6.92 Å². The zero-order valence-corrected chi connectivity index (χ0v) is 24.2. The number of para-hydroxylation sites is 1. The predicted molar refractivity (Wildman–Crippen MR) is 182 cm³/mol. The third-order valence-electron chi connectivity index (χ3n) is 6.50. The van der Waals surface area contributed by atoms with E-state index in [4.69, 9.17) is 11.8 Å². The molecule has 1 unspecified atom stereocenters. The van der Waals surface area contributed by atoms with Crippen LogP contribution in [-0.4, -0.2) is 11.2 Å². The van der Waals surface area contributed by atoms with Crippen LogP contribution >= 0.6 is 0 Å². The summed E-state index contributed by atoms with van der Waals surface area (Å²) in [6.07, 6.45) is 14.9. The highest BCUT2D eigenvalue weighted by Crippen LogP contribution is 2.32. The van der Waals surface area contributed by atoms with Gasteiger partial charge in [0, 0.05) is 21.8 Å². The average Bonchev–Trinajstić information content (AvgIpc) is 3.38. The second-order valence-electron chi connectivity index (χ2n) is 9.53. The van der Waals surface area contributed by atoms with Gasteiger partial charge in [-0.05, 0) is 79.1 Å². The Bertz CT molecular complexity index is 1720. The van der Waals surface area contributed by atoms with Crippen molar-refractivity contribution in [3.63, 3.8) is 0 Å². The quantitative estimate of drug-likeness (QED) is 0.124. The van der Waals surface area contributed by atoms with Crippen LogP contribution in [0.4, 0.5) is 0 Å². The van der Waals surface area contributed by atoms with Gasteiger partial charge >= 0.3 is 0 Å². The SMILES string of the molecule is C#CC(/C=C\C=C/C)C(=C)c1cccc(-c2ccc3[nH]c4ccccc4c3c2)c1.C=C(C)c1ccccc1.CC=N. The van der Waals surface area contributed by atoms with Gasteiger partial charge in [0.15, 0.2) is 0 Å². The molecule has 0 aliphatic carbocycles. The Labute approximate surface area is 245 Å². The molecule has 204 valence electrons. The van der Waals surface area contributed by atoms with E-state index in [1.807, 2.05) is 56.4 Å². The lowest BCUT2D eigenvalue weighted by atomic mass is 9.91. The Balaban J connectivity index is 0.000000323. The van der Waals surface area contributed by atoms with Crippen LogP contribution in [-0.2, 0) is 0 Å². The number of fused-ring (bicyclic) bond motifs is 3. The summed E-state index contributed by atoms with van der Waals surface area (Å²) in [6.45, 7) is 13.8. The standard InChI is InChI=1S/C28H23N.C9H10.C2H5N/c1-4-6-7-11-21(5-2)20(3)22-12-10-13-23(18-22)24-16-17-28-26(19-24)25-14-8-9-15-27(25)29-28;1-8(2)9-6-4-3-5-7-9;1-2-3/h2,4,6-19,21,29H,3H2,1H3;3-7H,1H2,2H3;2-3H,1H3/b6-4-,11-7-;;. The molecule has 4 aromatic carbocycles. The van der Waals surface area contributed by atoms with Gasteiger partial charge in [0.2, 0.25) is 0 Å². The van der Waals surface area contributed by atoms with Gasteiger partial charge < -0.3 is 10.4 Å². The van der Waals surface area contributed by atoms with Crippen LogP contribution in [0.25, 0.3) is 44.1 Å². The number of aromatic amines is 1. The highest BCUT2D eigenvalue weighted by molar-refractivity contribution is 6.08. The Morgan fingerprint density at radius 1 is 0.780 bits per heavy atom. The molecule has 0 radical (unpaired) electrons. The van der Waals surface area contributed by atoms with Crippen molar-refractivity contribution in [3.05, 3.63) is 146 Å². The first-order valence-electron chi connectivity index (χ1n) is 13.6. The van der Waals surface area contributed by atoms with Gasteiger partial charge in [-0.2, -0.15) is 0 Å². The van der Waals surface area contributed by atoms with Gasteiger partial charge in [-0.25, -0.2) is 0 Å². The van der Waals surface area contributed by atoms with Gasteiger partial charge in [0.25, 0.3) is 0 Å². The molecule has 0 spiro atoms. The molecular weight excluding hydrogens is 496 g/mol. The Hall–Kier alpha value is -5.13. The third kappa shape index (κ3) is 8.18. The molecule has 0 bridgehead atoms. The lowest BCUT2D eigenvalue weighted by Gasteiger charge is -2.12. The first kappa shape index (κ1) is 30.4. The first-order chi connectivity index (χ1) is 19.9. The zero-order chi connectivity index (χ0) is 29.6. The predicted octanol–water partition coefficient (Wildman–Crippen LogP) is 10.8. The van der Waals surface area contributed by atoms with Crippen molar-refractivity contribution >= 4 is 39.2 Å². The fourth-order valence-corrected chi connectivity index (χ4v) is 4.39. The normalized spacial score (nSPS) is 11.3. The minimum absolute atomic E-state index is 0.127. The van der Waals surface area contributed by atoms with E-state index in [1.165, 1.54) is 28.1 Å². The van der Waals surface area contributed by atoms with Crippen molar-refractivity contribution in [1.29, 1.82) is 5.41 Å². The molecule has 2 nitrogen and oxygen atoms in total. The molecule has 1 heterocycles. The van der Waals surface area contributed by atoms with Crippen LogP contribution in [0.5, 0.6) is 0 Å². The summed E-state index contributed by atoms with van der Waals surface area (Å²) in [6, 6.07) is 33.6. The Kier molecular flexibility index (Phi) is 11.5. The Morgan fingerprint density at radius 2 is 1.41 bits per heavy atom. The van der Waals surface area contributed by atoms with Crippen molar-refractivity contribution in [2.75, 3.05) is 0 Å². The van der Waals surface area contributed by atoms with Crippen LogP contribution in [0.15, 0.2) is 135 Å². The number of nitrogens with one attached hydrogen (secondary N) is 2. The molecule has 0 fully saturated rings. The minimum Gasteiger partial charge on any atom is -0.355 e. The van der Waals surface area contributed by atoms with E-state index < -0.39 is 0 Å². The summed E-state index contributed by atoms with van der Waals surface area (Å²) in [7, 11) is 0. The van der Waals surface area contributed by atoms with Crippen LogP contribution < -0.4 is 0 Å². The van der Waals surface area contributed by atoms with E-state index >= 15 is 0 Å². The van der Waals surface area contributed by atoms with Crippen molar-refractivity contribution in [2.45, 2.75) is 20.8 Å². The molecule has 41 heavy (non-hydrogen) atoms. The Morgan fingerprint density at radius 3 is 2.07 bits per heavy atom. The van der Waals surface area contributed by atoms with Gasteiger partial charge in [-0.15, -0.1) is 6.42 Å². The lowest BCUT2D eigenvalue weighted by molar-refractivity contribution is 1.15. The zero-order valence-electron chi connectivity index (χ0n) is 24.2. The molecule has 0 saturated carbocycles. The van der Waals surface area contributed by atoms with E-state index in [-0.39, 0.29) is 5.92 Å². The topological polar surface area (TPSA) is 39.6 Å². The molecule has 1 atom stereocenters. The second-order valence-corrected chi connectivity index (χ2v) is 9.53. The number of allylic oxidation sites excluding steroid dienone is 6. The minimum atomic E-state index is -0.127. The maximum absolute atomic E-state index is 6.08. The molecular formula is C39H38N2. The highest BCUT2D eigenvalue weighted by atomic mass is 14.7. The molecule has 2 heteroatoms. The van der Waals surface area contributed by atoms with Crippen LogP contribution in [0.3, 0.4) is 0 Å². The number of rotatable bonds is 6. The van der Waals surface area contributed by atoms with E-state index in [0.29, 0.717) is 0 Å². The summed E-state index contributed by atoms with van der Waals surface area (Å²) >= 11 is 0. The monoisotopic (exact) mass is 534 g/mol. The smallest absolute Gasteiger partial charge is 0.0633 e. The molecule has 5 rings (SSSR count). The number of hydrogen-bond donors (Lipinski definition) is 2. The van der Waals surface area contributed by atoms with Gasteiger partial charge in [-0.1, -0.05) is 122 Å². The molecule has 0 aliphatic rings.